The molecule has 0 spiro atoms. The maximum atomic E-state index is 12.7. The highest BCUT2D eigenvalue weighted by molar-refractivity contribution is 5.98. The summed E-state index contributed by atoms with van der Waals surface area (Å²) in [7, 11) is 0. The minimum atomic E-state index is -0.875. The van der Waals surface area contributed by atoms with Crippen LogP contribution in [0.25, 0.3) is 10.8 Å². The molecule has 140 valence electrons. The van der Waals surface area contributed by atoms with E-state index < -0.39 is 5.92 Å². The zero-order valence-corrected chi connectivity index (χ0v) is 16.0. The molecule has 1 atom stereocenters. The number of nitrogens with zero attached hydrogens (tertiary/aromatic N) is 1. The average Bonchev–Trinajstić information content (AvgIpc) is 2.70. The molecular weight excluding hydrogens is 348 g/mol. The molecular formula is C24H22N2O2. The van der Waals surface area contributed by atoms with E-state index in [4.69, 9.17) is 0 Å². The number of hydrogen-bond acceptors (Lipinski definition) is 3. The van der Waals surface area contributed by atoms with E-state index in [1.54, 1.807) is 0 Å². The van der Waals surface area contributed by atoms with E-state index in [-0.39, 0.29) is 24.5 Å². The number of aryl methyl sites for hydroxylation is 2. The van der Waals surface area contributed by atoms with Crippen LogP contribution in [-0.2, 0) is 9.59 Å². The average molecular weight is 370 g/mol. The topological polar surface area (TPSA) is 70.0 Å². The van der Waals surface area contributed by atoms with Crippen LogP contribution in [0.4, 0.5) is 5.69 Å². The first-order valence-electron chi connectivity index (χ1n) is 9.26. The lowest BCUT2D eigenvalue weighted by Gasteiger charge is -2.12. The molecule has 3 aromatic carbocycles. The number of benzene rings is 3. The molecule has 0 radical (unpaired) electrons. The standard InChI is InChI=1S/C24H22N2O2/c1-16-10-11-17(2)22(14-16)26-24(28)13-12-23(27)21(15-25)20-9-5-7-18-6-3-4-8-19(18)20/h3-11,14,21H,12-13H2,1-2H3,(H,26,28). The van der Waals surface area contributed by atoms with Crippen molar-refractivity contribution >= 4 is 28.2 Å². The number of hydrogen-bond donors (Lipinski definition) is 1. The Hall–Kier alpha value is -3.45. The molecule has 0 saturated heterocycles. The van der Waals surface area contributed by atoms with Crippen LogP contribution in [0.3, 0.4) is 0 Å². The number of fused-ring (bicyclic) bond motifs is 1. The third-order valence-corrected chi connectivity index (χ3v) is 4.85. The summed E-state index contributed by atoms with van der Waals surface area (Å²) in [5, 5.41) is 14.3. The lowest BCUT2D eigenvalue weighted by molar-refractivity contribution is -0.123. The number of anilines is 1. The summed E-state index contributed by atoms with van der Waals surface area (Å²) < 4.78 is 0. The van der Waals surface area contributed by atoms with E-state index in [0.717, 1.165) is 27.6 Å². The second kappa shape index (κ2) is 8.49. The van der Waals surface area contributed by atoms with Crippen molar-refractivity contribution in [3.63, 3.8) is 0 Å². The van der Waals surface area contributed by atoms with Gasteiger partial charge in [-0.25, -0.2) is 0 Å². The fourth-order valence-electron chi connectivity index (χ4n) is 3.28. The molecule has 0 heterocycles. The Morgan fingerprint density at radius 2 is 1.75 bits per heavy atom. The van der Waals surface area contributed by atoms with Crippen molar-refractivity contribution in [3.05, 3.63) is 77.4 Å². The van der Waals surface area contributed by atoms with Gasteiger partial charge in [0.15, 0.2) is 5.78 Å². The van der Waals surface area contributed by atoms with E-state index in [0.29, 0.717) is 5.56 Å². The van der Waals surface area contributed by atoms with Crippen LogP contribution in [0, 0.1) is 25.2 Å². The van der Waals surface area contributed by atoms with Gasteiger partial charge in [-0.15, -0.1) is 0 Å². The summed E-state index contributed by atoms with van der Waals surface area (Å²) in [4.78, 5) is 25.0. The van der Waals surface area contributed by atoms with E-state index >= 15 is 0 Å². The Balaban J connectivity index is 1.70. The number of Topliss-reactive ketones (excluding diaryl/α,β-unsaturated/α-hetero) is 1. The van der Waals surface area contributed by atoms with Crippen LogP contribution in [0.5, 0.6) is 0 Å². The molecule has 4 heteroatoms. The second-order valence-electron chi connectivity index (χ2n) is 6.96. The highest BCUT2D eigenvalue weighted by Gasteiger charge is 2.22. The number of nitriles is 1. The van der Waals surface area contributed by atoms with Crippen molar-refractivity contribution in [1.82, 2.24) is 0 Å². The second-order valence-corrected chi connectivity index (χ2v) is 6.96. The molecule has 3 rings (SSSR count). The minimum absolute atomic E-state index is 0.0259. The van der Waals surface area contributed by atoms with Gasteiger partial charge in [-0.2, -0.15) is 5.26 Å². The van der Waals surface area contributed by atoms with Crippen LogP contribution < -0.4 is 5.32 Å². The Morgan fingerprint density at radius 1 is 1.00 bits per heavy atom. The number of amides is 1. The summed E-state index contributed by atoms with van der Waals surface area (Å²) in [5.74, 6) is -1.34. The fourth-order valence-corrected chi connectivity index (χ4v) is 3.28. The van der Waals surface area contributed by atoms with Gasteiger partial charge in [0.05, 0.1) is 6.07 Å². The normalized spacial score (nSPS) is 11.6. The molecule has 0 aromatic heterocycles. The molecule has 0 aliphatic carbocycles. The molecule has 28 heavy (non-hydrogen) atoms. The molecule has 0 aliphatic heterocycles. The van der Waals surface area contributed by atoms with E-state index in [1.165, 1.54) is 0 Å². The monoisotopic (exact) mass is 370 g/mol. The maximum absolute atomic E-state index is 12.7. The van der Waals surface area contributed by atoms with E-state index in [2.05, 4.69) is 11.4 Å². The first kappa shape index (κ1) is 19.3. The Kier molecular flexibility index (Phi) is 5.86. The van der Waals surface area contributed by atoms with Crippen molar-refractivity contribution in [1.29, 1.82) is 5.26 Å². The summed E-state index contributed by atoms with van der Waals surface area (Å²) in [6, 6.07) is 21.2. The highest BCUT2D eigenvalue weighted by atomic mass is 16.2. The SMILES string of the molecule is Cc1ccc(C)c(NC(=O)CCC(=O)C(C#N)c2cccc3ccccc23)c1. The predicted molar refractivity (Wildman–Crippen MR) is 111 cm³/mol. The van der Waals surface area contributed by atoms with Crippen LogP contribution in [0.1, 0.15) is 35.4 Å². The van der Waals surface area contributed by atoms with Crippen molar-refractivity contribution in [2.45, 2.75) is 32.6 Å². The summed E-state index contributed by atoms with van der Waals surface area (Å²) in [6.07, 6.45) is 0.0767. The van der Waals surface area contributed by atoms with Gasteiger partial charge in [0, 0.05) is 18.5 Å². The van der Waals surface area contributed by atoms with Gasteiger partial charge >= 0.3 is 0 Å². The predicted octanol–water partition coefficient (Wildman–Crippen LogP) is 5.05. The molecule has 3 aromatic rings. The number of nitrogens with one attached hydrogen (secondary N) is 1. The quantitative estimate of drug-likeness (QED) is 0.660. The molecule has 0 bridgehead atoms. The summed E-state index contributed by atoms with van der Waals surface area (Å²) >= 11 is 0. The zero-order valence-electron chi connectivity index (χ0n) is 16.0. The summed E-state index contributed by atoms with van der Waals surface area (Å²) in [5.41, 5.74) is 3.47. The van der Waals surface area contributed by atoms with Crippen LogP contribution in [0.2, 0.25) is 0 Å². The molecule has 4 nitrogen and oxygen atoms in total. The van der Waals surface area contributed by atoms with Crippen molar-refractivity contribution in [3.8, 4) is 6.07 Å². The van der Waals surface area contributed by atoms with Crippen molar-refractivity contribution in [2.75, 3.05) is 5.32 Å². The Bertz CT molecular complexity index is 1070. The van der Waals surface area contributed by atoms with Gasteiger partial charge in [0.2, 0.25) is 5.91 Å². The van der Waals surface area contributed by atoms with Gasteiger partial charge in [0.1, 0.15) is 5.92 Å². The van der Waals surface area contributed by atoms with Gasteiger partial charge in [-0.05, 0) is 47.4 Å². The first-order chi connectivity index (χ1) is 13.5. The largest absolute Gasteiger partial charge is 0.326 e. The van der Waals surface area contributed by atoms with E-state index in [1.807, 2.05) is 74.5 Å². The number of carbonyl (C=O) groups is 2. The molecule has 0 aliphatic rings. The number of rotatable bonds is 6. The van der Waals surface area contributed by atoms with Gasteiger partial charge < -0.3 is 5.32 Å². The Morgan fingerprint density at radius 3 is 2.54 bits per heavy atom. The lowest BCUT2D eigenvalue weighted by Crippen LogP contribution is -2.17. The molecule has 1 amide bonds. The fraction of sp³-hybridized carbons (Fsp3) is 0.208. The lowest BCUT2D eigenvalue weighted by atomic mass is 9.89. The van der Waals surface area contributed by atoms with Gasteiger partial charge in [0.25, 0.3) is 0 Å². The highest BCUT2D eigenvalue weighted by Crippen LogP contribution is 2.27. The van der Waals surface area contributed by atoms with Crippen molar-refractivity contribution < 1.29 is 9.59 Å². The molecule has 0 fully saturated rings. The Labute approximate surface area is 164 Å². The zero-order chi connectivity index (χ0) is 20.1. The molecule has 1 unspecified atom stereocenters. The first-order valence-corrected chi connectivity index (χ1v) is 9.26. The van der Waals surface area contributed by atoms with Crippen LogP contribution in [0.15, 0.2) is 60.7 Å². The molecule has 0 saturated carbocycles. The third-order valence-electron chi connectivity index (χ3n) is 4.85. The molecule has 1 N–H and O–H groups in total. The number of carbonyl (C=O) groups excluding carboxylic acids is 2. The minimum Gasteiger partial charge on any atom is -0.326 e. The van der Waals surface area contributed by atoms with Crippen molar-refractivity contribution in [2.24, 2.45) is 0 Å². The third kappa shape index (κ3) is 4.27. The number of ketones is 1. The van der Waals surface area contributed by atoms with Gasteiger partial charge in [-0.1, -0.05) is 54.6 Å². The summed E-state index contributed by atoms with van der Waals surface area (Å²) in [6.45, 7) is 3.88. The van der Waals surface area contributed by atoms with E-state index in [9.17, 15) is 14.9 Å². The maximum Gasteiger partial charge on any atom is 0.224 e. The van der Waals surface area contributed by atoms with Gasteiger partial charge in [-0.3, -0.25) is 9.59 Å². The smallest absolute Gasteiger partial charge is 0.224 e. The van der Waals surface area contributed by atoms with Crippen LogP contribution >= 0.6 is 0 Å². The van der Waals surface area contributed by atoms with Crippen LogP contribution in [-0.4, -0.2) is 11.7 Å².